The average Bonchev–Trinajstić information content (AvgIpc) is 3.31. The van der Waals surface area contributed by atoms with Crippen LogP contribution in [0.4, 0.5) is 4.39 Å². The van der Waals surface area contributed by atoms with Crippen LogP contribution in [0.3, 0.4) is 0 Å². The van der Waals surface area contributed by atoms with Crippen LogP contribution in [0.15, 0.2) is 59.8 Å². The Hall–Kier alpha value is -2.18. The van der Waals surface area contributed by atoms with Crippen LogP contribution >= 0.6 is 11.8 Å². The highest BCUT2D eigenvalue weighted by atomic mass is 32.2. The molecule has 2 aromatic carbocycles. The third-order valence-electron chi connectivity index (χ3n) is 4.17. The van der Waals surface area contributed by atoms with Gasteiger partial charge < -0.3 is 4.74 Å². The van der Waals surface area contributed by atoms with E-state index in [0.717, 1.165) is 47.4 Å². The second-order valence-corrected chi connectivity index (χ2v) is 6.92. The van der Waals surface area contributed by atoms with E-state index in [2.05, 4.69) is 10.2 Å². The first kappa shape index (κ1) is 16.3. The normalized spacial score (nSPS) is 17.1. The third kappa shape index (κ3) is 3.60. The van der Waals surface area contributed by atoms with Crippen molar-refractivity contribution in [3.63, 3.8) is 0 Å². The number of hydrogen-bond donors (Lipinski definition) is 0. The highest BCUT2D eigenvalue weighted by Crippen LogP contribution is 2.29. The van der Waals surface area contributed by atoms with E-state index in [1.54, 1.807) is 23.9 Å². The Morgan fingerprint density at radius 2 is 1.88 bits per heavy atom. The van der Waals surface area contributed by atoms with Crippen LogP contribution in [-0.2, 0) is 4.74 Å². The summed E-state index contributed by atoms with van der Waals surface area (Å²) in [4.78, 5) is 0. The standard InChI is InChI=1S/C19H18FN3OS/c20-15-8-10-16(11-9-15)23-18(14-5-2-1-3-6-14)21-22-19(23)25-13-17-7-4-12-24-17/h1-3,5-6,8-11,17H,4,7,12-13H2/t17-/m1/s1. The summed E-state index contributed by atoms with van der Waals surface area (Å²) in [6, 6.07) is 16.3. The molecule has 2 heterocycles. The molecule has 4 rings (SSSR count). The molecule has 1 saturated heterocycles. The highest BCUT2D eigenvalue weighted by Gasteiger charge is 2.20. The van der Waals surface area contributed by atoms with Crippen molar-refractivity contribution in [2.24, 2.45) is 0 Å². The summed E-state index contributed by atoms with van der Waals surface area (Å²) < 4.78 is 21.0. The van der Waals surface area contributed by atoms with E-state index in [4.69, 9.17) is 4.74 Å². The van der Waals surface area contributed by atoms with Crippen molar-refractivity contribution in [2.45, 2.75) is 24.1 Å². The number of nitrogens with zero attached hydrogens (tertiary/aromatic N) is 3. The first-order chi connectivity index (χ1) is 12.3. The van der Waals surface area contributed by atoms with E-state index in [0.29, 0.717) is 0 Å². The van der Waals surface area contributed by atoms with Crippen molar-refractivity contribution >= 4 is 11.8 Å². The minimum atomic E-state index is -0.258. The van der Waals surface area contributed by atoms with Gasteiger partial charge in [0, 0.05) is 23.6 Å². The van der Waals surface area contributed by atoms with Crippen molar-refractivity contribution in [3.05, 3.63) is 60.4 Å². The van der Waals surface area contributed by atoms with Gasteiger partial charge in [-0.2, -0.15) is 0 Å². The first-order valence-electron chi connectivity index (χ1n) is 8.32. The number of benzene rings is 2. The van der Waals surface area contributed by atoms with E-state index in [1.165, 1.54) is 12.1 Å². The first-order valence-corrected chi connectivity index (χ1v) is 9.31. The Bertz CT molecular complexity index is 830. The van der Waals surface area contributed by atoms with Gasteiger partial charge in [0.2, 0.25) is 0 Å². The topological polar surface area (TPSA) is 39.9 Å². The molecule has 1 atom stereocenters. The van der Waals surface area contributed by atoms with E-state index < -0.39 is 0 Å². The quantitative estimate of drug-likeness (QED) is 0.638. The fourth-order valence-corrected chi connectivity index (χ4v) is 3.92. The number of hydrogen-bond acceptors (Lipinski definition) is 4. The van der Waals surface area contributed by atoms with Crippen molar-refractivity contribution in [3.8, 4) is 17.1 Å². The maximum Gasteiger partial charge on any atom is 0.196 e. The lowest BCUT2D eigenvalue weighted by Crippen LogP contribution is -2.09. The fraction of sp³-hybridized carbons (Fsp3) is 0.263. The summed E-state index contributed by atoms with van der Waals surface area (Å²) in [5.74, 6) is 1.34. The molecular formula is C19H18FN3OS. The van der Waals surface area contributed by atoms with Gasteiger partial charge in [0.25, 0.3) is 0 Å². The zero-order valence-electron chi connectivity index (χ0n) is 13.6. The molecule has 4 nitrogen and oxygen atoms in total. The Morgan fingerprint density at radius 1 is 1.08 bits per heavy atom. The summed E-state index contributed by atoms with van der Waals surface area (Å²) in [6.45, 7) is 0.838. The smallest absolute Gasteiger partial charge is 0.196 e. The second-order valence-electron chi connectivity index (χ2n) is 5.93. The van der Waals surface area contributed by atoms with Crippen LogP contribution in [-0.4, -0.2) is 33.2 Å². The fourth-order valence-electron chi connectivity index (χ4n) is 2.90. The lowest BCUT2D eigenvalue weighted by Gasteiger charge is -2.12. The number of thioether (sulfide) groups is 1. The molecule has 0 saturated carbocycles. The molecule has 25 heavy (non-hydrogen) atoms. The molecule has 0 spiro atoms. The number of ether oxygens (including phenoxy) is 1. The van der Waals surface area contributed by atoms with Crippen LogP contribution in [0.1, 0.15) is 12.8 Å². The van der Waals surface area contributed by atoms with E-state index in [-0.39, 0.29) is 11.9 Å². The molecule has 0 bridgehead atoms. The van der Waals surface area contributed by atoms with Gasteiger partial charge in [0.1, 0.15) is 5.82 Å². The SMILES string of the molecule is Fc1ccc(-n2c(SC[C@H]3CCCO3)nnc2-c2ccccc2)cc1. The summed E-state index contributed by atoms with van der Waals surface area (Å²) in [6.07, 6.45) is 2.47. The molecule has 3 aromatic rings. The molecule has 1 aliphatic heterocycles. The van der Waals surface area contributed by atoms with Crippen LogP contribution in [0, 0.1) is 5.82 Å². The van der Waals surface area contributed by atoms with Crippen molar-refractivity contribution in [1.29, 1.82) is 0 Å². The van der Waals surface area contributed by atoms with Crippen LogP contribution in [0.25, 0.3) is 17.1 Å². The number of rotatable bonds is 5. The van der Waals surface area contributed by atoms with E-state index in [9.17, 15) is 4.39 Å². The average molecular weight is 355 g/mol. The predicted molar refractivity (Wildman–Crippen MR) is 96.5 cm³/mol. The molecule has 0 unspecified atom stereocenters. The molecule has 1 fully saturated rings. The maximum absolute atomic E-state index is 13.3. The zero-order valence-corrected chi connectivity index (χ0v) is 14.5. The Morgan fingerprint density at radius 3 is 2.60 bits per heavy atom. The minimum Gasteiger partial charge on any atom is -0.377 e. The van der Waals surface area contributed by atoms with Crippen molar-refractivity contribution < 1.29 is 9.13 Å². The molecular weight excluding hydrogens is 337 g/mol. The van der Waals surface area contributed by atoms with Crippen LogP contribution in [0.2, 0.25) is 0 Å². The molecule has 0 amide bonds. The molecule has 128 valence electrons. The largest absolute Gasteiger partial charge is 0.377 e. The van der Waals surface area contributed by atoms with Gasteiger partial charge in [-0.1, -0.05) is 42.1 Å². The molecule has 0 radical (unpaired) electrons. The molecule has 0 aliphatic carbocycles. The molecule has 0 N–H and O–H groups in total. The van der Waals surface area contributed by atoms with Crippen LogP contribution < -0.4 is 0 Å². The number of aromatic nitrogens is 3. The summed E-state index contributed by atoms with van der Waals surface area (Å²) in [5, 5.41) is 9.56. The minimum absolute atomic E-state index is 0.258. The van der Waals surface area contributed by atoms with Gasteiger partial charge >= 0.3 is 0 Å². The van der Waals surface area contributed by atoms with Gasteiger partial charge in [0.15, 0.2) is 11.0 Å². The Labute approximate surface area is 150 Å². The van der Waals surface area contributed by atoms with Gasteiger partial charge in [-0.15, -0.1) is 10.2 Å². The summed E-state index contributed by atoms with van der Waals surface area (Å²) in [5.41, 5.74) is 1.82. The van der Waals surface area contributed by atoms with Crippen molar-refractivity contribution in [2.75, 3.05) is 12.4 Å². The van der Waals surface area contributed by atoms with E-state index >= 15 is 0 Å². The third-order valence-corrected chi connectivity index (χ3v) is 5.23. The maximum atomic E-state index is 13.3. The lowest BCUT2D eigenvalue weighted by molar-refractivity contribution is 0.129. The monoisotopic (exact) mass is 355 g/mol. The van der Waals surface area contributed by atoms with Crippen molar-refractivity contribution in [1.82, 2.24) is 14.8 Å². The second kappa shape index (κ2) is 7.37. The summed E-state index contributed by atoms with van der Waals surface area (Å²) >= 11 is 1.63. The lowest BCUT2D eigenvalue weighted by atomic mass is 10.2. The van der Waals surface area contributed by atoms with Gasteiger partial charge in [-0.3, -0.25) is 4.57 Å². The van der Waals surface area contributed by atoms with Gasteiger partial charge in [0.05, 0.1) is 6.10 Å². The molecule has 6 heteroatoms. The predicted octanol–water partition coefficient (Wildman–Crippen LogP) is 4.34. The Balaban J connectivity index is 1.70. The van der Waals surface area contributed by atoms with Gasteiger partial charge in [-0.25, -0.2) is 4.39 Å². The van der Waals surface area contributed by atoms with Gasteiger partial charge in [-0.05, 0) is 37.1 Å². The highest BCUT2D eigenvalue weighted by molar-refractivity contribution is 7.99. The summed E-state index contributed by atoms with van der Waals surface area (Å²) in [7, 11) is 0. The molecule has 1 aliphatic rings. The Kier molecular flexibility index (Phi) is 4.81. The number of halogens is 1. The molecule has 1 aromatic heterocycles. The van der Waals surface area contributed by atoms with E-state index in [1.807, 2.05) is 34.9 Å². The van der Waals surface area contributed by atoms with Crippen LogP contribution in [0.5, 0.6) is 0 Å². The zero-order chi connectivity index (χ0) is 17.1.